The Bertz CT molecular complexity index is 869. The summed E-state index contributed by atoms with van der Waals surface area (Å²) in [6, 6.07) is 9.45. The van der Waals surface area contributed by atoms with Crippen LogP contribution >= 0.6 is 0 Å². The average molecular weight is 321 g/mol. The molecule has 0 aliphatic carbocycles. The number of carbonyl (C=O) groups excluding carboxylic acids is 1. The van der Waals surface area contributed by atoms with Gasteiger partial charge in [-0.2, -0.15) is 0 Å². The van der Waals surface area contributed by atoms with Gasteiger partial charge >= 0.3 is 0 Å². The molecule has 3 aromatic rings. The molecule has 6 heteroatoms. The van der Waals surface area contributed by atoms with Gasteiger partial charge in [-0.05, 0) is 24.3 Å². The molecule has 122 valence electrons. The van der Waals surface area contributed by atoms with E-state index in [0.29, 0.717) is 0 Å². The number of carbonyl (C=O) groups is 1. The van der Waals surface area contributed by atoms with Crippen molar-refractivity contribution in [2.24, 2.45) is 0 Å². The van der Waals surface area contributed by atoms with E-state index < -0.39 is 0 Å². The first-order chi connectivity index (χ1) is 11.5. The van der Waals surface area contributed by atoms with Crippen LogP contribution in [-0.2, 0) is 4.79 Å². The smallest absolute Gasteiger partial charge is 0.221 e. The van der Waals surface area contributed by atoms with Gasteiger partial charge in [-0.15, -0.1) is 0 Å². The van der Waals surface area contributed by atoms with Gasteiger partial charge in [0.05, 0.1) is 0 Å². The van der Waals surface area contributed by atoms with Crippen LogP contribution in [0.5, 0.6) is 0 Å². The molecule has 0 aliphatic rings. The predicted molar refractivity (Wildman–Crippen MR) is 93.0 cm³/mol. The molecule has 1 amide bonds. The number of nitrogens with one attached hydrogen (secondary N) is 1. The number of anilines is 1. The Morgan fingerprint density at radius 1 is 1.17 bits per heavy atom. The van der Waals surface area contributed by atoms with E-state index in [1.807, 2.05) is 41.1 Å². The summed E-state index contributed by atoms with van der Waals surface area (Å²) in [6.07, 6.45) is 5.36. The molecule has 0 aliphatic heterocycles. The maximum atomic E-state index is 11.3. The summed E-state index contributed by atoms with van der Waals surface area (Å²) in [5.74, 6) is 1.67. The highest BCUT2D eigenvalue weighted by molar-refractivity contribution is 5.89. The zero-order valence-electron chi connectivity index (χ0n) is 13.9. The molecule has 0 atom stereocenters. The lowest BCUT2D eigenvalue weighted by molar-refractivity contribution is -0.114. The van der Waals surface area contributed by atoms with E-state index in [0.717, 1.165) is 28.7 Å². The van der Waals surface area contributed by atoms with Crippen molar-refractivity contribution in [1.82, 2.24) is 19.5 Å². The molecule has 0 spiro atoms. The summed E-state index contributed by atoms with van der Waals surface area (Å²) in [6.45, 7) is 5.61. The minimum atomic E-state index is -0.101. The van der Waals surface area contributed by atoms with Crippen molar-refractivity contribution in [3.63, 3.8) is 0 Å². The Hall–Kier alpha value is -3.02. The van der Waals surface area contributed by atoms with Crippen LogP contribution in [0.3, 0.4) is 0 Å². The van der Waals surface area contributed by atoms with Crippen molar-refractivity contribution in [3.05, 3.63) is 54.7 Å². The number of hydrogen-bond acceptors (Lipinski definition) is 4. The molecular formula is C18H19N5O. The molecule has 0 radical (unpaired) electrons. The second kappa shape index (κ2) is 6.62. The van der Waals surface area contributed by atoms with Gasteiger partial charge in [0.15, 0.2) is 5.82 Å². The Morgan fingerprint density at radius 2 is 2.00 bits per heavy atom. The number of nitrogens with zero attached hydrogens (tertiary/aromatic N) is 4. The third-order valence-corrected chi connectivity index (χ3v) is 3.51. The van der Waals surface area contributed by atoms with Crippen LogP contribution in [0, 0.1) is 0 Å². The van der Waals surface area contributed by atoms with Crippen LogP contribution in [0.2, 0.25) is 0 Å². The maximum Gasteiger partial charge on any atom is 0.221 e. The van der Waals surface area contributed by atoms with E-state index in [1.54, 1.807) is 12.4 Å². The molecule has 0 saturated heterocycles. The molecule has 0 bridgehead atoms. The van der Waals surface area contributed by atoms with Crippen molar-refractivity contribution in [3.8, 4) is 17.2 Å². The minimum absolute atomic E-state index is 0.101. The standard InChI is InChI=1S/C18H19N5O/c1-12(2)17-19-8-7-16(22-17)18-20-9-10-23(18)15-6-4-5-14(11-15)21-13(3)24/h4-12H,1-3H3,(H,21,24). The highest BCUT2D eigenvalue weighted by atomic mass is 16.1. The summed E-state index contributed by atoms with van der Waals surface area (Å²) in [5.41, 5.74) is 2.41. The highest BCUT2D eigenvalue weighted by Gasteiger charge is 2.12. The van der Waals surface area contributed by atoms with Crippen LogP contribution in [0.4, 0.5) is 5.69 Å². The zero-order valence-corrected chi connectivity index (χ0v) is 13.9. The van der Waals surface area contributed by atoms with E-state index in [4.69, 9.17) is 0 Å². The lowest BCUT2D eigenvalue weighted by Gasteiger charge is -2.11. The summed E-state index contributed by atoms with van der Waals surface area (Å²) in [7, 11) is 0. The number of hydrogen-bond donors (Lipinski definition) is 1. The van der Waals surface area contributed by atoms with Crippen molar-refractivity contribution >= 4 is 11.6 Å². The van der Waals surface area contributed by atoms with E-state index in [-0.39, 0.29) is 11.8 Å². The first kappa shape index (κ1) is 15.9. The van der Waals surface area contributed by atoms with Gasteiger partial charge in [-0.1, -0.05) is 19.9 Å². The maximum absolute atomic E-state index is 11.3. The number of amides is 1. The minimum Gasteiger partial charge on any atom is -0.326 e. The first-order valence-electron chi connectivity index (χ1n) is 7.79. The molecule has 6 nitrogen and oxygen atoms in total. The Balaban J connectivity index is 2.02. The van der Waals surface area contributed by atoms with Gasteiger partial charge in [0, 0.05) is 42.8 Å². The fraction of sp³-hybridized carbons (Fsp3) is 0.222. The highest BCUT2D eigenvalue weighted by Crippen LogP contribution is 2.22. The molecular weight excluding hydrogens is 302 g/mol. The SMILES string of the molecule is CC(=O)Nc1cccc(-n2ccnc2-c2ccnc(C(C)C)n2)c1. The molecule has 0 unspecified atom stereocenters. The van der Waals surface area contributed by atoms with Gasteiger partial charge in [0.25, 0.3) is 0 Å². The summed E-state index contributed by atoms with van der Waals surface area (Å²) in [4.78, 5) is 24.6. The van der Waals surface area contributed by atoms with Crippen LogP contribution in [0.25, 0.3) is 17.2 Å². The molecule has 1 N–H and O–H groups in total. The predicted octanol–water partition coefficient (Wildman–Crippen LogP) is 3.41. The number of imidazole rings is 1. The topological polar surface area (TPSA) is 72.7 Å². The summed E-state index contributed by atoms with van der Waals surface area (Å²) < 4.78 is 1.94. The van der Waals surface area contributed by atoms with Crippen LogP contribution in [-0.4, -0.2) is 25.4 Å². The third kappa shape index (κ3) is 3.32. The van der Waals surface area contributed by atoms with Gasteiger partial charge in [-0.25, -0.2) is 15.0 Å². The summed E-state index contributed by atoms with van der Waals surface area (Å²) >= 11 is 0. The monoisotopic (exact) mass is 321 g/mol. The molecule has 3 rings (SSSR count). The first-order valence-corrected chi connectivity index (χ1v) is 7.79. The van der Waals surface area contributed by atoms with Crippen molar-refractivity contribution in [2.75, 3.05) is 5.32 Å². The van der Waals surface area contributed by atoms with E-state index >= 15 is 0 Å². The van der Waals surface area contributed by atoms with Crippen LogP contribution in [0.15, 0.2) is 48.9 Å². The van der Waals surface area contributed by atoms with E-state index in [2.05, 4.69) is 34.1 Å². The van der Waals surface area contributed by atoms with Crippen LogP contribution in [0.1, 0.15) is 32.5 Å². The van der Waals surface area contributed by atoms with E-state index in [9.17, 15) is 4.79 Å². The lowest BCUT2D eigenvalue weighted by Crippen LogP contribution is -2.06. The fourth-order valence-electron chi connectivity index (χ4n) is 2.41. The molecule has 2 aromatic heterocycles. The Morgan fingerprint density at radius 3 is 2.75 bits per heavy atom. The molecule has 0 saturated carbocycles. The normalized spacial score (nSPS) is 10.8. The Kier molecular flexibility index (Phi) is 4.37. The quantitative estimate of drug-likeness (QED) is 0.799. The molecule has 1 aromatic carbocycles. The van der Waals surface area contributed by atoms with E-state index in [1.165, 1.54) is 6.92 Å². The van der Waals surface area contributed by atoms with Gasteiger partial charge in [-0.3, -0.25) is 9.36 Å². The number of benzene rings is 1. The second-order valence-corrected chi connectivity index (χ2v) is 5.81. The Labute approximate surface area is 140 Å². The van der Waals surface area contributed by atoms with Gasteiger partial charge in [0.2, 0.25) is 5.91 Å². The molecule has 2 heterocycles. The largest absolute Gasteiger partial charge is 0.326 e. The zero-order chi connectivity index (χ0) is 17.1. The summed E-state index contributed by atoms with van der Waals surface area (Å²) in [5, 5.41) is 2.79. The fourth-order valence-corrected chi connectivity index (χ4v) is 2.41. The number of aromatic nitrogens is 4. The molecule has 24 heavy (non-hydrogen) atoms. The van der Waals surface area contributed by atoms with Gasteiger partial charge in [0.1, 0.15) is 11.5 Å². The van der Waals surface area contributed by atoms with Gasteiger partial charge < -0.3 is 5.32 Å². The lowest BCUT2D eigenvalue weighted by atomic mass is 10.2. The van der Waals surface area contributed by atoms with Crippen molar-refractivity contribution in [2.45, 2.75) is 26.7 Å². The van der Waals surface area contributed by atoms with Crippen molar-refractivity contribution < 1.29 is 4.79 Å². The van der Waals surface area contributed by atoms with Crippen LogP contribution < -0.4 is 5.32 Å². The second-order valence-electron chi connectivity index (χ2n) is 5.81. The number of rotatable bonds is 4. The average Bonchev–Trinajstić information content (AvgIpc) is 3.04. The third-order valence-electron chi connectivity index (χ3n) is 3.51. The van der Waals surface area contributed by atoms with Crippen molar-refractivity contribution in [1.29, 1.82) is 0 Å². The molecule has 0 fully saturated rings.